The molecule has 0 unspecified atom stereocenters. The lowest BCUT2D eigenvalue weighted by molar-refractivity contribution is 0.407. The Balaban J connectivity index is 1.86. The van der Waals surface area contributed by atoms with Crippen molar-refractivity contribution in [1.82, 2.24) is 15.3 Å². The van der Waals surface area contributed by atoms with Gasteiger partial charge in [-0.15, -0.1) is 0 Å². The van der Waals surface area contributed by atoms with Crippen LogP contribution in [0.25, 0.3) is 11.3 Å². The minimum absolute atomic E-state index is 0.477. The molecule has 1 saturated heterocycles. The van der Waals surface area contributed by atoms with Crippen molar-refractivity contribution >= 4 is 17.5 Å². The van der Waals surface area contributed by atoms with Gasteiger partial charge in [0.05, 0.1) is 11.4 Å². The lowest BCUT2D eigenvalue weighted by Gasteiger charge is -2.39. The molecule has 2 atom stereocenters. The second-order valence-corrected chi connectivity index (χ2v) is 8.45. The Labute approximate surface area is 167 Å². The van der Waals surface area contributed by atoms with Gasteiger partial charge in [-0.3, -0.25) is 0 Å². The van der Waals surface area contributed by atoms with Crippen molar-refractivity contribution in [3.05, 3.63) is 40.0 Å². The van der Waals surface area contributed by atoms with Crippen LogP contribution in [0.15, 0.2) is 18.2 Å². The molecule has 0 amide bonds. The quantitative estimate of drug-likeness (QED) is 0.823. The topological polar surface area (TPSA) is 41.1 Å². The predicted molar refractivity (Wildman–Crippen MR) is 113 cm³/mol. The van der Waals surface area contributed by atoms with E-state index in [0.717, 1.165) is 53.7 Å². The van der Waals surface area contributed by atoms with Crippen LogP contribution in [0.4, 0.5) is 5.95 Å². The number of rotatable bonds is 2. The van der Waals surface area contributed by atoms with E-state index in [0.29, 0.717) is 12.1 Å². The first kappa shape index (κ1) is 18.7. The Morgan fingerprint density at radius 1 is 1.07 bits per heavy atom. The smallest absolute Gasteiger partial charge is 0.226 e. The van der Waals surface area contributed by atoms with Crippen molar-refractivity contribution in [1.29, 1.82) is 0 Å². The van der Waals surface area contributed by atoms with Crippen LogP contribution in [-0.4, -0.2) is 35.1 Å². The summed E-state index contributed by atoms with van der Waals surface area (Å²) in [5.74, 6) is 0.891. The number of hydrogen-bond acceptors (Lipinski definition) is 4. The number of aromatic nitrogens is 2. The number of fused-ring (bicyclic) bond motifs is 1. The van der Waals surface area contributed by atoms with Crippen LogP contribution >= 0.6 is 11.6 Å². The molecular weight excluding hydrogens is 356 g/mol. The van der Waals surface area contributed by atoms with Gasteiger partial charge in [-0.05, 0) is 64.6 Å². The molecule has 2 aliphatic rings. The summed E-state index contributed by atoms with van der Waals surface area (Å²) in [6.07, 6.45) is 5.61. The summed E-state index contributed by atoms with van der Waals surface area (Å²) >= 11 is 6.45. The maximum atomic E-state index is 6.45. The number of aryl methyl sites for hydroxylation is 1. The van der Waals surface area contributed by atoms with E-state index in [1.165, 1.54) is 30.5 Å². The second-order valence-electron chi connectivity index (χ2n) is 8.05. The zero-order valence-corrected chi connectivity index (χ0v) is 17.3. The fourth-order valence-corrected chi connectivity index (χ4v) is 4.62. The molecule has 3 heterocycles. The fourth-order valence-electron chi connectivity index (χ4n) is 4.44. The van der Waals surface area contributed by atoms with Crippen molar-refractivity contribution in [2.75, 3.05) is 18.0 Å². The minimum atomic E-state index is 0.477. The van der Waals surface area contributed by atoms with E-state index in [4.69, 9.17) is 21.6 Å². The zero-order valence-electron chi connectivity index (χ0n) is 16.6. The number of halogens is 1. The summed E-state index contributed by atoms with van der Waals surface area (Å²) in [5, 5.41) is 4.30. The molecule has 2 aromatic rings. The molecule has 27 heavy (non-hydrogen) atoms. The summed E-state index contributed by atoms with van der Waals surface area (Å²) in [7, 11) is 0. The highest BCUT2D eigenvalue weighted by Gasteiger charge is 2.29. The Morgan fingerprint density at radius 3 is 2.56 bits per heavy atom. The van der Waals surface area contributed by atoms with Gasteiger partial charge in [0.2, 0.25) is 5.95 Å². The summed E-state index contributed by atoms with van der Waals surface area (Å²) in [5.41, 5.74) is 5.73. The summed E-state index contributed by atoms with van der Waals surface area (Å²) in [4.78, 5) is 12.6. The average molecular weight is 385 g/mol. The molecule has 4 rings (SSSR count). The van der Waals surface area contributed by atoms with Crippen molar-refractivity contribution in [2.45, 2.75) is 65.0 Å². The van der Waals surface area contributed by atoms with Crippen LogP contribution in [0.1, 0.15) is 49.9 Å². The van der Waals surface area contributed by atoms with Gasteiger partial charge >= 0.3 is 0 Å². The second kappa shape index (κ2) is 7.76. The van der Waals surface area contributed by atoms with Gasteiger partial charge in [-0.25, -0.2) is 9.97 Å². The summed E-state index contributed by atoms with van der Waals surface area (Å²) in [6.45, 7) is 8.59. The van der Waals surface area contributed by atoms with Crippen LogP contribution < -0.4 is 10.2 Å². The highest BCUT2D eigenvalue weighted by Crippen LogP contribution is 2.33. The van der Waals surface area contributed by atoms with Gasteiger partial charge in [0.15, 0.2) is 0 Å². The van der Waals surface area contributed by atoms with E-state index < -0.39 is 0 Å². The number of anilines is 1. The maximum Gasteiger partial charge on any atom is 0.226 e. The number of piperidine rings is 1. The Hall–Kier alpha value is -1.65. The Morgan fingerprint density at radius 2 is 1.81 bits per heavy atom. The number of nitrogens with one attached hydrogen (secondary N) is 1. The van der Waals surface area contributed by atoms with Gasteiger partial charge in [0.1, 0.15) is 0 Å². The molecule has 1 aromatic carbocycles. The third-order valence-corrected chi connectivity index (χ3v) is 6.45. The largest absolute Gasteiger partial charge is 0.335 e. The van der Waals surface area contributed by atoms with E-state index in [1.807, 2.05) is 6.92 Å². The van der Waals surface area contributed by atoms with E-state index in [2.05, 4.69) is 42.3 Å². The number of benzene rings is 1. The third kappa shape index (κ3) is 3.70. The Kier molecular flexibility index (Phi) is 5.38. The maximum absolute atomic E-state index is 6.45. The first-order valence-electron chi connectivity index (χ1n) is 10.2. The van der Waals surface area contributed by atoms with E-state index in [-0.39, 0.29) is 0 Å². The molecule has 0 radical (unpaired) electrons. The van der Waals surface area contributed by atoms with Crippen molar-refractivity contribution < 1.29 is 0 Å². The summed E-state index contributed by atoms with van der Waals surface area (Å²) in [6, 6.07) is 7.25. The lowest BCUT2D eigenvalue weighted by atomic mass is 9.97. The first-order chi connectivity index (χ1) is 13.0. The third-order valence-electron chi connectivity index (χ3n) is 6.04. The number of nitrogens with zero attached hydrogens (tertiary/aromatic N) is 3. The number of hydrogen-bond donors (Lipinski definition) is 1. The molecule has 144 valence electrons. The van der Waals surface area contributed by atoms with Crippen molar-refractivity contribution in [3.8, 4) is 11.3 Å². The van der Waals surface area contributed by atoms with Gasteiger partial charge in [0.25, 0.3) is 0 Å². The molecule has 1 N–H and O–H groups in total. The molecular formula is C22H29ClN4. The molecule has 0 spiro atoms. The van der Waals surface area contributed by atoms with Crippen molar-refractivity contribution in [2.24, 2.45) is 0 Å². The summed E-state index contributed by atoms with van der Waals surface area (Å²) < 4.78 is 0. The highest BCUT2D eigenvalue weighted by molar-refractivity contribution is 6.31. The van der Waals surface area contributed by atoms with Crippen LogP contribution in [0.2, 0.25) is 5.02 Å². The van der Waals surface area contributed by atoms with Crippen LogP contribution in [-0.2, 0) is 12.8 Å². The molecule has 0 saturated carbocycles. The fraction of sp³-hybridized carbons (Fsp3) is 0.545. The average Bonchev–Trinajstić information content (AvgIpc) is 2.89. The molecule has 5 heteroatoms. The van der Waals surface area contributed by atoms with E-state index in [9.17, 15) is 0 Å². The van der Waals surface area contributed by atoms with Crippen LogP contribution in [0.5, 0.6) is 0 Å². The van der Waals surface area contributed by atoms with Crippen molar-refractivity contribution in [3.63, 3.8) is 0 Å². The van der Waals surface area contributed by atoms with E-state index in [1.54, 1.807) is 0 Å². The molecule has 4 nitrogen and oxygen atoms in total. The zero-order chi connectivity index (χ0) is 19.0. The minimum Gasteiger partial charge on any atom is -0.335 e. The van der Waals surface area contributed by atoms with Gasteiger partial charge in [-0.2, -0.15) is 0 Å². The van der Waals surface area contributed by atoms with Gasteiger partial charge in [0, 0.05) is 41.2 Å². The molecule has 1 aromatic heterocycles. The lowest BCUT2D eigenvalue weighted by Crippen LogP contribution is -2.45. The molecule has 0 aliphatic carbocycles. The van der Waals surface area contributed by atoms with Crippen LogP contribution in [0, 0.1) is 6.92 Å². The SMILES string of the molecule is Cc1ccc(-c2nc(N3[C@H](C)CCC[C@@H]3C)nc3c2CCNCC3)cc1Cl. The molecule has 0 bridgehead atoms. The molecule has 2 aliphatic heterocycles. The van der Waals surface area contributed by atoms with Gasteiger partial charge in [-0.1, -0.05) is 23.7 Å². The standard InChI is InChI=1S/C22H29ClN4/c1-14-7-8-17(13-19(14)23)21-18-9-11-24-12-10-20(18)25-22(26-21)27-15(2)5-4-6-16(27)3/h7-8,13,15-16,24H,4-6,9-12H2,1-3H3/t15-,16+. The Bertz CT molecular complexity index is 825. The van der Waals surface area contributed by atoms with Gasteiger partial charge < -0.3 is 10.2 Å². The van der Waals surface area contributed by atoms with Crippen LogP contribution in [0.3, 0.4) is 0 Å². The molecule has 1 fully saturated rings. The monoisotopic (exact) mass is 384 g/mol. The normalized spacial score (nSPS) is 23.0. The predicted octanol–water partition coefficient (Wildman–Crippen LogP) is 4.56. The highest BCUT2D eigenvalue weighted by atomic mass is 35.5. The van der Waals surface area contributed by atoms with E-state index >= 15 is 0 Å². The first-order valence-corrected chi connectivity index (χ1v) is 10.6.